The van der Waals surface area contributed by atoms with Gasteiger partial charge in [-0.1, -0.05) is 6.07 Å². The number of carbonyl (C=O) groups is 1. The summed E-state index contributed by atoms with van der Waals surface area (Å²) in [6, 6.07) is 6.00. The van der Waals surface area contributed by atoms with Crippen LogP contribution in [-0.2, 0) is 4.74 Å². The van der Waals surface area contributed by atoms with Gasteiger partial charge in [-0.3, -0.25) is 5.10 Å². The van der Waals surface area contributed by atoms with Crippen molar-refractivity contribution in [3.63, 3.8) is 0 Å². The monoisotopic (exact) mass is 248 g/mol. The van der Waals surface area contributed by atoms with Gasteiger partial charge in [-0.2, -0.15) is 5.10 Å². The highest BCUT2D eigenvalue weighted by Crippen LogP contribution is 2.23. The Labute approximate surface area is 104 Å². The Kier molecular flexibility index (Phi) is 3.41. The first-order valence-electron chi connectivity index (χ1n) is 5.61. The number of esters is 1. The van der Waals surface area contributed by atoms with Crippen LogP contribution in [0.5, 0.6) is 0 Å². The van der Waals surface area contributed by atoms with Crippen molar-refractivity contribution in [2.75, 3.05) is 6.61 Å². The van der Waals surface area contributed by atoms with E-state index in [2.05, 4.69) is 10.2 Å². The van der Waals surface area contributed by atoms with Gasteiger partial charge in [0.1, 0.15) is 11.5 Å². The lowest BCUT2D eigenvalue weighted by Crippen LogP contribution is -2.04. The first-order chi connectivity index (χ1) is 8.61. The molecule has 0 aliphatic carbocycles. The summed E-state index contributed by atoms with van der Waals surface area (Å²) >= 11 is 0. The van der Waals surface area contributed by atoms with E-state index in [1.54, 1.807) is 19.1 Å². The number of nitrogens with zero attached hydrogens (tertiary/aromatic N) is 1. The van der Waals surface area contributed by atoms with Crippen molar-refractivity contribution >= 4 is 5.97 Å². The molecule has 18 heavy (non-hydrogen) atoms. The average molecular weight is 248 g/mol. The first kappa shape index (κ1) is 12.3. The lowest BCUT2D eigenvalue weighted by atomic mass is 10.1. The standard InChI is InChI=1S/C13H13FN2O2/c1-3-18-13(17)12-7-11(15-16-12)10-6-9(14)5-4-8(10)2/h4-7H,3H2,1-2H3,(H,15,16). The van der Waals surface area contributed by atoms with Gasteiger partial charge in [0, 0.05) is 5.56 Å². The molecule has 0 spiro atoms. The van der Waals surface area contributed by atoms with Crippen LogP contribution in [0, 0.1) is 12.7 Å². The molecule has 1 aromatic carbocycles. The summed E-state index contributed by atoms with van der Waals surface area (Å²) in [6.45, 7) is 3.88. The molecule has 0 amide bonds. The van der Waals surface area contributed by atoms with E-state index in [0.717, 1.165) is 5.56 Å². The van der Waals surface area contributed by atoms with Gasteiger partial charge >= 0.3 is 5.97 Å². The van der Waals surface area contributed by atoms with Crippen molar-refractivity contribution in [2.45, 2.75) is 13.8 Å². The van der Waals surface area contributed by atoms with E-state index in [1.165, 1.54) is 12.1 Å². The second-order valence-corrected chi connectivity index (χ2v) is 3.85. The number of hydrogen-bond acceptors (Lipinski definition) is 3. The Morgan fingerprint density at radius 3 is 2.94 bits per heavy atom. The number of H-pyrrole nitrogens is 1. The second kappa shape index (κ2) is 5.00. The quantitative estimate of drug-likeness (QED) is 0.850. The zero-order valence-corrected chi connectivity index (χ0v) is 10.2. The molecule has 0 unspecified atom stereocenters. The van der Waals surface area contributed by atoms with Gasteiger partial charge in [0.15, 0.2) is 0 Å². The number of carbonyl (C=O) groups excluding carboxylic acids is 1. The van der Waals surface area contributed by atoms with Crippen molar-refractivity contribution in [1.82, 2.24) is 10.2 Å². The number of aryl methyl sites for hydroxylation is 1. The van der Waals surface area contributed by atoms with Crippen LogP contribution in [0.3, 0.4) is 0 Å². The van der Waals surface area contributed by atoms with Crippen LogP contribution in [0.15, 0.2) is 24.3 Å². The molecule has 4 nitrogen and oxygen atoms in total. The number of halogens is 1. The van der Waals surface area contributed by atoms with Crippen molar-refractivity contribution in [3.8, 4) is 11.3 Å². The SMILES string of the molecule is CCOC(=O)c1cc(-c2cc(F)ccc2C)n[nH]1. The smallest absolute Gasteiger partial charge is 0.356 e. The van der Waals surface area contributed by atoms with E-state index in [-0.39, 0.29) is 11.5 Å². The van der Waals surface area contributed by atoms with Gasteiger partial charge < -0.3 is 4.74 Å². The van der Waals surface area contributed by atoms with Gasteiger partial charge in [0.05, 0.1) is 12.3 Å². The number of ether oxygens (including phenoxy) is 1. The summed E-state index contributed by atoms with van der Waals surface area (Å²) in [7, 11) is 0. The van der Waals surface area contributed by atoms with Gasteiger partial charge in [-0.05, 0) is 37.6 Å². The van der Waals surface area contributed by atoms with E-state index in [9.17, 15) is 9.18 Å². The van der Waals surface area contributed by atoms with Crippen molar-refractivity contribution < 1.29 is 13.9 Å². The maximum Gasteiger partial charge on any atom is 0.356 e. The maximum atomic E-state index is 13.2. The molecule has 2 rings (SSSR count). The topological polar surface area (TPSA) is 55.0 Å². The maximum absolute atomic E-state index is 13.2. The van der Waals surface area contributed by atoms with Crippen LogP contribution in [0.4, 0.5) is 4.39 Å². The Bertz CT molecular complexity index is 578. The van der Waals surface area contributed by atoms with Crippen molar-refractivity contribution in [3.05, 3.63) is 41.3 Å². The van der Waals surface area contributed by atoms with Gasteiger partial charge in [-0.15, -0.1) is 0 Å². The molecule has 1 heterocycles. The van der Waals surface area contributed by atoms with E-state index in [4.69, 9.17) is 4.74 Å². The van der Waals surface area contributed by atoms with Crippen LogP contribution in [0.2, 0.25) is 0 Å². The molecule has 0 aliphatic heterocycles. The highest BCUT2D eigenvalue weighted by atomic mass is 19.1. The molecule has 5 heteroatoms. The highest BCUT2D eigenvalue weighted by molar-refractivity contribution is 5.88. The van der Waals surface area contributed by atoms with Crippen LogP contribution in [0.25, 0.3) is 11.3 Å². The highest BCUT2D eigenvalue weighted by Gasteiger charge is 2.13. The Morgan fingerprint density at radius 2 is 2.22 bits per heavy atom. The van der Waals surface area contributed by atoms with Gasteiger partial charge in [-0.25, -0.2) is 9.18 Å². The van der Waals surface area contributed by atoms with Crippen LogP contribution in [0.1, 0.15) is 23.0 Å². The minimum Gasteiger partial charge on any atom is -0.461 e. The number of rotatable bonds is 3. The van der Waals surface area contributed by atoms with E-state index in [1.807, 2.05) is 6.92 Å². The predicted molar refractivity (Wildman–Crippen MR) is 64.7 cm³/mol. The molecule has 0 bridgehead atoms. The van der Waals surface area contributed by atoms with Crippen molar-refractivity contribution in [2.24, 2.45) is 0 Å². The largest absolute Gasteiger partial charge is 0.461 e. The molecule has 1 N–H and O–H groups in total. The fourth-order valence-corrected chi connectivity index (χ4v) is 1.64. The minimum absolute atomic E-state index is 0.260. The van der Waals surface area contributed by atoms with E-state index in [0.29, 0.717) is 17.9 Å². The summed E-state index contributed by atoms with van der Waals surface area (Å²) in [5.41, 5.74) is 2.32. The molecule has 0 saturated heterocycles. The molecule has 0 fully saturated rings. The summed E-state index contributed by atoms with van der Waals surface area (Å²) < 4.78 is 18.0. The van der Waals surface area contributed by atoms with E-state index < -0.39 is 5.97 Å². The molecule has 1 aromatic heterocycles. The van der Waals surface area contributed by atoms with Gasteiger partial charge in [0.25, 0.3) is 0 Å². The lowest BCUT2D eigenvalue weighted by molar-refractivity contribution is 0.0519. The fourth-order valence-electron chi connectivity index (χ4n) is 1.64. The third-order valence-corrected chi connectivity index (χ3v) is 2.55. The zero-order valence-electron chi connectivity index (χ0n) is 10.2. The first-order valence-corrected chi connectivity index (χ1v) is 5.61. The summed E-state index contributed by atoms with van der Waals surface area (Å²) in [6.07, 6.45) is 0. The number of hydrogen-bond donors (Lipinski definition) is 1. The normalized spacial score (nSPS) is 10.4. The second-order valence-electron chi connectivity index (χ2n) is 3.85. The average Bonchev–Trinajstić information content (AvgIpc) is 2.82. The minimum atomic E-state index is -0.467. The summed E-state index contributed by atoms with van der Waals surface area (Å²) in [5.74, 6) is -0.804. The molecule has 0 atom stereocenters. The van der Waals surface area contributed by atoms with E-state index >= 15 is 0 Å². The molecular formula is C13H13FN2O2. The third kappa shape index (κ3) is 2.40. The zero-order chi connectivity index (χ0) is 13.1. The Hall–Kier alpha value is -2.17. The molecule has 94 valence electrons. The lowest BCUT2D eigenvalue weighted by Gasteiger charge is -2.01. The molecule has 2 aromatic rings. The molecule has 0 radical (unpaired) electrons. The number of benzene rings is 1. The summed E-state index contributed by atoms with van der Waals surface area (Å²) in [4.78, 5) is 11.5. The fraction of sp³-hybridized carbons (Fsp3) is 0.231. The number of aromatic amines is 1. The Morgan fingerprint density at radius 1 is 1.44 bits per heavy atom. The van der Waals surface area contributed by atoms with Crippen LogP contribution >= 0.6 is 0 Å². The third-order valence-electron chi connectivity index (χ3n) is 2.55. The number of aromatic nitrogens is 2. The van der Waals surface area contributed by atoms with Crippen molar-refractivity contribution in [1.29, 1.82) is 0 Å². The summed E-state index contributed by atoms with van der Waals surface area (Å²) in [5, 5.41) is 6.59. The molecular weight excluding hydrogens is 235 g/mol. The van der Waals surface area contributed by atoms with Crippen LogP contribution < -0.4 is 0 Å². The number of nitrogens with one attached hydrogen (secondary N) is 1. The van der Waals surface area contributed by atoms with Crippen LogP contribution in [-0.4, -0.2) is 22.8 Å². The molecule has 0 aliphatic rings. The Balaban J connectivity index is 2.35. The predicted octanol–water partition coefficient (Wildman–Crippen LogP) is 2.70. The van der Waals surface area contributed by atoms with Gasteiger partial charge in [0.2, 0.25) is 0 Å². The molecule has 0 saturated carbocycles.